The zero-order chi connectivity index (χ0) is 9.84. The molecular weight excluding hydrogens is 270 g/mol. The molecule has 76 valence electrons. The molecule has 0 bridgehead atoms. The Morgan fingerprint density at radius 1 is 1.57 bits per heavy atom. The first-order chi connectivity index (χ1) is 6.15. The Bertz CT molecular complexity index is 351. The minimum absolute atomic E-state index is 0. The number of nitriles is 1. The maximum Gasteiger partial charge on any atom is 0.129 e. The maximum absolute atomic E-state index is 13.2. The molecule has 2 nitrogen and oxygen atoms in total. The maximum atomic E-state index is 13.2. The Labute approximate surface area is 96.4 Å². The summed E-state index contributed by atoms with van der Waals surface area (Å²) in [5.74, 6) is -0.378. The third-order valence-electron chi connectivity index (χ3n) is 1.67. The molecule has 0 aliphatic heterocycles. The molecule has 0 fully saturated rings. The van der Waals surface area contributed by atoms with E-state index in [4.69, 9.17) is 11.0 Å². The number of hydrogen-bond donors (Lipinski definition) is 1. The minimum atomic E-state index is -0.543. The van der Waals surface area contributed by atoms with Gasteiger partial charge in [0, 0.05) is 16.1 Å². The lowest BCUT2D eigenvalue weighted by Gasteiger charge is -2.08. The van der Waals surface area contributed by atoms with Crippen molar-refractivity contribution in [2.45, 2.75) is 12.5 Å². The van der Waals surface area contributed by atoms with Gasteiger partial charge in [-0.05, 0) is 12.1 Å². The van der Waals surface area contributed by atoms with Crippen LogP contribution in [0.2, 0.25) is 0 Å². The number of rotatable bonds is 2. The molecular formula is C9H9BrClFN2. The van der Waals surface area contributed by atoms with Crippen molar-refractivity contribution < 1.29 is 4.39 Å². The van der Waals surface area contributed by atoms with Gasteiger partial charge in [-0.15, -0.1) is 12.4 Å². The van der Waals surface area contributed by atoms with Gasteiger partial charge in [-0.25, -0.2) is 4.39 Å². The first kappa shape index (κ1) is 13.4. The van der Waals surface area contributed by atoms with Gasteiger partial charge in [0.05, 0.1) is 12.5 Å². The summed E-state index contributed by atoms with van der Waals surface area (Å²) in [6, 6.07) is 5.99. The molecule has 0 aliphatic rings. The van der Waals surface area contributed by atoms with Gasteiger partial charge in [0.2, 0.25) is 0 Å². The highest BCUT2D eigenvalue weighted by Gasteiger charge is 2.10. The number of hydrogen-bond acceptors (Lipinski definition) is 2. The van der Waals surface area contributed by atoms with Crippen LogP contribution in [-0.4, -0.2) is 0 Å². The molecule has 0 aromatic heterocycles. The average molecular weight is 280 g/mol. The summed E-state index contributed by atoms with van der Waals surface area (Å²) < 4.78 is 13.9. The van der Waals surface area contributed by atoms with E-state index in [1.54, 1.807) is 12.1 Å². The second-order valence-electron chi connectivity index (χ2n) is 2.63. The fourth-order valence-electron chi connectivity index (χ4n) is 1.01. The van der Waals surface area contributed by atoms with Crippen molar-refractivity contribution in [2.75, 3.05) is 0 Å². The molecule has 0 saturated heterocycles. The van der Waals surface area contributed by atoms with Gasteiger partial charge >= 0.3 is 0 Å². The van der Waals surface area contributed by atoms with E-state index in [0.717, 1.165) is 0 Å². The van der Waals surface area contributed by atoms with Crippen molar-refractivity contribution in [1.29, 1.82) is 5.26 Å². The fraction of sp³-hybridized carbons (Fsp3) is 0.222. The summed E-state index contributed by atoms with van der Waals surface area (Å²) in [5.41, 5.74) is 5.96. The number of nitrogens with zero attached hydrogens (tertiary/aromatic N) is 1. The van der Waals surface area contributed by atoms with Crippen LogP contribution in [0.3, 0.4) is 0 Å². The largest absolute Gasteiger partial charge is 0.323 e. The lowest BCUT2D eigenvalue weighted by molar-refractivity contribution is 0.584. The lowest BCUT2D eigenvalue weighted by Crippen LogP contribution is -2.11. The normalized spacial score (nSPS) is 11.3. The zero-order valence-corrected chi connectivity index (χ0v) is 9.61. The quantitative estimate of drug-likeness (QED) is 0.905. The van der Waals surface area contributed by atoms with E-state index in [1.165, 1.54) is 6.07 Å². The van der Waals surface area contributed by atoms with Gasteiger partial charge in [-0.1, -0.05) is 22.0 Å². The van der Waals surface area contributed by atoms with Crippen molar-refractivity contribution in [1.82, 2.24) is 0 Å². The van der Waals surface area contributed by atoms with Crippen LogP contribution in [-0.2, 0) is 0 Å². The molecule has 0 aliphatic carbocycles. The van der Waals surface area contributed by atoms with Crippen LogP contribution in [0.15, 0.2) is 22.7 Å². The summed E-state index contributed by atoms with van der Waals surface area (Å²) in [5, 5.41) is 8.38. The Hall–Kier alpha value is -0.630. The van der Waals surface area contributed by atoms with E-state index >= 15 is 0 Å². The molecule has 5 heteroatoms. The van der Waals surface area contributed by atoms with Crippen LogP contribution in [0, 0.1) is 17.1 Å². The van der Waals surface area contributed by atoms with E-state index in [9.17, 15) is 4.39 Å². The van der Waals surface area contributed by atoms with E-state index in [-0.39, 0.29) is 24.6 Å². The SMILES string of the molecule is Cl.N#CC[C@H](N)c1ccc(Br)cc1F. The van der Waals surface area contributed by atoms with Crippen molar-refractivity contribution >= 4 is 28.3 Å². The monoisotopic (exact) mass is 278 g/mol. The van der Waals surface area contributed by atoms with Gasteiger partial charge in [-0.2, -0.15) is 5.26 Å². The molecule has 0 saturated carbocycles. The molecule has 0 heterocycles. The second-order valence-corrected chi connectivity index (χ2v) is 3.55. The van der Waals surface area contributed by atoms with Crippen molar-refractivity contribution in [3.05, 3.63) is 34.1 Å². The van der Waals surface area contributed by atoms with Crippen LogP contribution >= 0.6 is 28.3 Å². The summed E-state index contributed by atoms with van der Waals surface area (Å²) in [6.45, 7) is 0. The first-order valence-electron chi connectivity index (χ1n) is 3.72. The third kappa shape index (κ3) is 3.26. The standard InChI is InChI=1S/C9H8BrFN2.ClH/c10-6-1-2-7(8(11)5-6)9(13)3-4-12;/h1-2,5,9H,3,13H2;1H/t9-;/m0./s1. The summed E-state index contributed by atoms with van der Waals surface area (Å²) in [4.78, 5) is 0. The van der Waals surface area contributed by atoms with Crippen molar-refractivity contribution in [2.24, 2.45) is 5.73 Å². The van der Waals surface area contributed by atoms with Gasteiger partial charge < -0.3 is 5.73 Å². The summed E-state index contributed by atoms with van der Waals surface area (Å²) in [6.07, 6.45) is 0.124. The molecule has 1 aromatic carbocycles. The van der Waals surface area contributed by atoms with Crippen molar-refractivity contribution in [3.8, 4) is 6.07 Å². The van der Waals surface area contributed by atoms with Crippen LogP contribution < -0.4 is 5.73 Å². The average Bonchev–Trinajstić information content (AvgIpc) is 2.04. The molecule has 0 spiro atoms. The van der Waals surface area contributed by atoms with E-state index in [2.05, 4.69) is 15.9 Å². The number of benzene rings is 1. The van der Waals surface area contributed by atoms with Crippen LogP contribution in [0.25, 0.3) is 0 Å². The zero-order valence-electron chi connectivity index (χ0n) is 7.21. The topological polar surface area (TPSA) is 49.8 Å². The molecule has 0 radical (unpaired) electrons. The smallest absolute Gasteiger partial charge is 0.129 e. The first-order valence-corrected chi connectivity index (χ1v) is 4.52. The Kier molecular flexibility index (Phi) is 5.70. The predicted octanol–water partition coefficient (Wildman–Crippen LogP) is 2.92. The molecule has 14 heavy (non-hydrogen) atoms. The second kappa shape index (κ2) is 5.97. The lowest BCUT2D eigenvalue weighted by atomic mass is 10.1. The Morgan fingerprint density at radius 2 is 2.21 bits per heavy atom. The number of nitrogens with two attached hydrogens (primary N) is 1. The predicted molar refractivity (Wildman–Crippen MR) is 58.5 cm³/mol. The van der Waals surface area contributed by atoms with E-state index in [1.807, 2.05) is 6.07 Å². The summed E-state index contributed by atoms with van der Waals surface area (Å²) in [7, 11) is 0. The third-order valence-corrected chi connectivity index (χ3v) is 2.17. The molecule has 1 atom stereocenters. The van der Waals surface area contributed by atoms with Gasteiger partial charge in [0.15, 0.2) is 0 Å². The molecule has 2 N–H and O–H groups in total. The molecule has 1 aromatic rings. The number of halogens is 3. The van der Waals surface area contributed by atoms with Gasteiger partial charge in [0.1, 0.15) is 5.82 Å². The van der Waals surface area contributed by atoms with Crippen LogP contribution in [0.4, 0.5) is 4.39 Å². The summed E-state index contributed by atoms with van der Waals surface area (Å²) >= 11 is 3.14. The van der Waals surface area contributed by atoms with Crippen molar-refractivity contribution in [3.63, 3.8) is 0 Å². The molecule has 0 unspecified atom stereocenters. The highest BCUT2D eigenvalue weighted by molar-refractivity contribution is 9.10. The fourth-order valence-corrected chi connectivity index (χ4v) is 1.34. The minimum Gasteiger partial charge on any atom is -0.323 e. The van der Waals surface area contributed by atoms with Gasteiger partial charge in [-0.3, -0.25) is 0 Å². The molecule has 0 amide bonds. The van der Waals surface area contributed by atoms with Crippen LogP contribution in [0.1, 0.15) is 18.0 Å². The highest BCUT2D eigenvalue weighted by atomic mass is 79.9. The van der Waals surface area contributed by atoms with E-state index in [0.29, 0.717) is 10.0 Å². The van der Waals surface area contributed by atoms with Crippen LogP contribution in [0.5, 0.6) is 0 Å². The Balaban J connectivity index is 0.00000169. The molecule has 1 rings (SSSR count). The van der Waals surface area contributed by atoms with Gasteiger partial charge in [0.25, 0.3) is 0 Å². The Morgan fingerprint density at radius 3 is 2.71 bits per heavy atom. The van der Waals surface area contributed by atoms with E-state index < -0.39 is 6.04 Å². The highest BCUT2D eigenvalue weighted by Crippen LogP contribution is 2.21.